The minimum Gasteiger partial charge on any atom is -0.352 e. The van der Waals surface area contributed by atoms with E-state index in [4.69, 9.17) is 5.84 Å². The predicted octanol–water partition coefficient (Wildman–Crippen LogP) is 1.35. The number of anilines is 1. The number of rotatable bonds is 7. The molecule has 5 heteroatoms. The number of nitrogens with zero attached hydrogens (tertiary/aromatic N) is 1. The Morgan fingerprint density at radius 1 is 1.32 bits per heavy atom. The third-order valence-electron chi connectivity index (χ3n) is 2.96. The number of hydrogen-bond donors (Lipinski definition) is 3. The maximum absolute atomic E-state index is 12.0. The van der Waals surface area contributed by atoms with Gasteiger partial charge in [-0.15, -0.1) is 0 Å². The van der Waals surface area contributed by atoms with Crippen molar-refractivity contribution in [2.75, 3.05) is 32.6 Å². The van der Waals surface area contributed by atoms with Gasteiger partial charge in [0.2, 0.25) is 0 Å². The van der Waals surface area contributed by atoms with Crippen molar-refractivity contribution >= 4 is 11.6 Å². The lowest BCUT2D eigenvalue weighted by molar-refractivity contribution is 0.0952. The van der Waals surface area contributed by atoms with E-state index in [2.05, 4.69) is 29.7 Å². The van der Waals surface area contributed by atoms with E-state index in [9.17, 15) is 4.79 Å². The largest absolute Gasteiger partial charge is 0.352 e. The second-order valence-electron chi connectivity index (χ2n) is 4.94. The number of amides is 1. The maximum Gasteiger partial charge on any atom is 0.251 e. The van der Waals surface area contributed by atoms with Gasteiger partial charge in [-0.2, -0.15) is 0 Å². The molecule has 0 heterocycles. The SMILES string of the molecule is Cc1cc(NN)ccc1C(=O)NCCCCN(C)C. The molecule has 4 N–H and O–H groups in total. The van der Waals surface area contributed by atoms with E-state index < -0.39 is 0 Å². The number of carbonyl (C=O) groups excluding carboxylic acids is 1. The number of nitrogen functional groups attached to an aromatic ring is 1. The van der Waals surface area contributed by atoms with Gasteiger partial charge in [0.25, 0.3) is 5.91 Å². The highest BCUT2D eigenvalue weighted by Gasteiger charge is 2.08. The third kappa shape index (κ3) is 5.28. The van der Waals surface area contributed by atoms with Gasteiger partial charge in [0.15, 0.2) is 0 Å². The summed E-state index contributed by atoms with van der Waals surface area (Å²) in [4.78, 5) is 14.1. The molecule has 1 aromatic carbocycles. The molecule has 0 aliphatic carbocycles. The number of hydrazine groups is 1. The van der Waals surface area contributed by atoms with Gasteiger partial charge in [-0.05, 0) is 64.2 Å². The Labute approximate surface area is 115 Å². The summed E-state index contributed by atoms with van der Waals surface area (Å²) in [6.07, 6.45) is 2.08. The number of hydrogen-bond acceptors (Lipinski definition) is 4. The standard InChI is InChI=1S/C14H24N4O/c1-11-10-12(17-15)6-7-13(11)14(19)16-8-4-5-9-18(2)3/h6-7,10,17H,4-5,8-9,15H2,1-3H3,(H,16,19). The highest BCUT2D eigenvalue weighted by Crippen LogP contribution is 2.14. The molecule has 0 saturated carbocycles. The molecule has 0 aromatic heterocycles. The van der Waals surface area contributed by atoms with Gasteiger partial charge in [0.1, 0.15) is 0 Å². The maximum atomic E-state index is 12.0. The second kappa shape index (κ2) is 7.76. The van der Waals surface area contributed by atoms with Crippen molar-refractivity contribution in [3.8, 4) is 0 Å². The van der Waals surface area contributed by atoms with Crippen LogP contribution in [0, 0.1) is 6.92 Å². The Morgan fingerprint density at radius 3 is 2.63 bits per heavy atom. The van der Waals surface area contributed by atoms with Crippen LogP contribution in [0.1, 0.15) is 28.8 Å². The molecule has 0 spiro atoms. The van der Waals surface area contributed by atoms with Crippen LogP contribution in [0.5, 0.6) is 0 Å². The predicted molar refractivity (Wildman–Crippen MR) is 79.1 cm³/mol. The van der Waals surface area contributed by atoms with E-state index in [1.165, 1.54) is 0 Å². The van der Waals surface area contributed by atoms with Gasteiger partial charge in [0, 0.05) is 17.8 Å². The van der Waals surface area contributed by atoms with Gasteiger partial charge >= 0.3 is 0 Å². The molecule has 0 atom stereocenters. The van der Waals surface area contributed by atoms with Crippen LogP contribution in [0.25, 0.3) is 0 Å². The van der Waals surface area contributed by atoms with Crippen LogP contribution in [-0.2, 0) is 0 Å². The zero-order chi connectivity index (χ0) is 14.3. The summed E-state index contributed by atoms with van der Waals surface area (Å²) < 4.78 is 0. The molecular weight excluding hydrogens is 240 g/mol. The monoisotopic (exact) mass is 264 g/mol. The second-order valence-corrected chi connectivity index (χ2v) is 4.94. The van der Waals surface area contributed by atoms with E-state index in [0.717, 1.165) is 30.6 Å². The number of carbonyl (C=O) groups is 1. The number of nitrogens with one attached hydrogen (secondary N) is 2. The van der Waals surface area contributed by atoms with Crippen LogP contribution in [0.3, 0.4) is 0 Å². The average Bonchev–Trinajstić information content (AvgIpc) is 2.37. The average molecular weight is 264 g/mol. The van der Waals surface area contributed by atoms with Crippen molar-refractivity contribution in [2.24, 2.45) is 5.84 Å². The Morgan fingerprint density at radius 2 is 2.05 bits per heavy atom. The first-order valence-electron chi connectivity index (χ1n) is 6.55. The highest BCUT2D eigenvalue weighted by molar-refractivity contribution is 5.96. The molecule has 19 heavy (non-hydrogen) atoms. The van der Waals surface area contributed by atoms with Gasteiger partial charge in [0.05, 0.1) is 0 Å². The molecule has 106 valence electrons. The first-order chi connectivity index (χ1) is 9.04. The number of benzene rings is 1. The molecule has 1 aromatic rings. The molecule has 0 aliphatic heterocycles. The summed E-state index contributed by atoms with van der Waals surface area (Å²) in [6, 6.07) is 5.45. The third-order valence-corrected chi connectivity index (χ3v) is 2.96. The van der Waals surface area contributed by atoms with E-state index in [0.29, 0.717) is 12.1 Å². The minimum atomic E-state index is -0.0223. The molecule has 0 bridgehead atoms. The molecule has 0 radical (unpaired) electrons. The van der Waals surface area contributed by atoms with Gasteiger partial charge in [-0.1, -0.05) is 0 Å². The van der Waals surface area contributed by atoms with Crippen molar-refractivity contribution in [1.82, 2.24) is 10.2 Å². The van der Waals surface area contributed by atoms with Gasteiger partial charge < -0.3 is 15.6 Å². The Balaban J connectivity index is 2.41. The van der Waals surface area contributed by atoms with Crippen molar-refractivity contribution in [2.45, 2.75) is 19.8 Å². The van der Waals surface area contributed by atoms with Crippen LogP contribution in [0.4, 0.5) is 5.69 Å². The van der Waals surface area contributed by atoms with E-state index in [1.54, 1.807) is 12.1 Å². The lowest BCUT2D eigenvalue weighted by Gasteiger charge is -2.11. The summed E-state index contributed by atoms with van der Waals surface area (Å²) >= 11 is 0. The van der Waals surface area contributed by atoms with E-state index in [-0.39, 0.29) is 5.91 Å². The van der Waals surface area contributed by atoms with Crippen LogP contribution in [0.2, 0.25) is 0 Å². The first kappa shape index (κ1) is 15.5. The molecule has 1 amide bonds. The summed E-state index contributed by atoms with van der Waals surface area (Å²) in [6.45, 7) is 3.66. The van der Waals surface area contributed by atoms with Gasteiger partial charge in [-0.3, -0.25) is 10.6 Å². The molecule has 1 rings (SSSR count). The van der Waals surface area contributed by atoms with Crippen LogP contribution in [0.15, 0.2) is 18.2 Å². The van der Waals surface area contributed by atoms with Crippen LogP contribution < -0.4 is 16.6 Å². The van der Waals surface area contributed by atoms with Crippen molar-refractivity contribution < 1.29 is 4.79 Å². The summed E-state index contributed by atoms with van der Waals surface area (Å²) in [7, 11) is 4.10. The van der Waals surface area contributed by atoms with E-state index in [1.807, 2.05) is 13.0 Å². The minimum absolute atomic E-state index is 0.0223. The van der Waals surface area contributed by atoms with Crippen LogP contribution >= 0.6 is 0 Å². The zero-order valence-electron chi connectivity index (χ0n) is 12.0. The molecule has 0 unspecified atom stereocenters. The summed E-state index contributed by atoms with van der Waals surface area (Å²) in [5.74, 6) is 5.31. The number of aryl methyl sites for hydroxylation is 1. The zero-order valence-corrected chi connectivity index (χ0v) is 12.0. The lowest BCUT2D eigenvalue weighted by Crippen LogP contribution is -2.26. The first-order valence-corrected chi connectivity index (χ1v) is 6.55. The molecule has 5 nitrogen and oxygen atoms in total. The van der Waals surface area contributed by atoms with Crippen LogP contribution in [-0.4, -0.2) is 38.0 Å². The summed E-state index contributed by atoms with van der Waals surface area (Å²) in [5, 5.41) is 2.94. The van der Waals surface area contributed by atoms with Crippen molar-refractivity contribution in [3.05, 3.63) is 29.3 Å². The smallest absolute Gasteiger partial charge is 0.251 e. The molecule has 0 saturated heterocycles. The highest BCUT2D eigenvalue weighted by atomic mass is 16.1. The Kier molecular flexibility index (Phi) is 6.32. The van der Waals surface area contributed by atoms with Gasteiger partial charge in [-0.25, -0.2) is 0 Å². The lowest BCUT2D eigenvalue weighted by atomic mass is 10.1. The molecular formula is C14H24N4O. The topological polar surface area (TPSA) is 70.4 Å². The fraction of sp³-hybridized carbons (Fsp3) is 0.500. The Bertz CT molecular complexity index is 418. The van der Waals surface area contributed by atoms with E-state index >= 15 is 0 Å². The quantitative estimate of drug-likeness (QED) is 0.395. The Hall–Kier alpha value is -1.59. The fourth-order valence-electron chi connectivity index (χ4n) is 1.86. The molecule has 0 aliphatic rings. The summed E-state index contributed by atoms with van der Waals surface area (Å²) in [5.41, 5.74) is 4.99. The van der Waals surface area contributed by atoms with Crippen molar-refractivity contribution in [3.63, 3.8) is 0 Å². The fourth-order valence-corrected chi connectivity index (χ4v) is 1.86. The molecule has 0 fully saturated rings. The number of unbranched alkanes of at least 4 members (excludes halogenated alkanes) is 1. The number of nitrogens with two attached hydrogens (primary N) is 1. The van der Waals surface area contributed by atoms with Crippen molar-refractivity contribution in [1.29, 1.82) is 0 Å². The normalized spacial score (nSPS) is 10.6.